The van der Waals surface area contributed by atoms with E-state index in [1.54, 1.807) is 0 Å². The van der Waals surface area contributed by atoms with Crippen LogP contribution in [-0.4, -0.2) is 28.2 Å². The van der Waals surface area contributed by atoms with Crippen molar-refractivity contribution in [2.24, 2.45) is 10.8 Å². The topological polar surface area (TPSA) is 51.8 Å². The summed E-state index contributed by atoms with van der Waals surface area (Å²) in [5.74, 6) is 6.86. The first kappa shape index (κ1) is 36.4. The van der Waals surface area contributed by atoms with E-state index in [0.717, 1.165) is 76.8 Å². The van der Waals surface area contributed by atoms with Gasteiger partial charge in [-0.05, 0) is 80.0 Å². The van der Waals surface area contributed by atoms with Gasteiger partial charge in [0.1, 0.15) is 5.58 Å². The standard InChI is InChI=1S/C31H31N2O.C19H26GeN.Ir/c1-18-12-20(3)33-21(4)30(18)23-9-11-29-26(14-23)25-13-22(8-10-28(25)34-29)27-15-24(16-31(5,6)7)19(2)17-32-27;1-19(2,3)13-16-12-18(15-10-8-7-9-11-15)21-14-17(16)20(4,5)6;/h9-15,17H,16H2,1-7H3;7-10,12,14H,13H2,1-6H3;/q2*-1;/i2D3;13D2;. The minimum atomic E-state index is -2.24. The van der Waals surface area contributed by atoms with Gasteiger partial charge in [0.2, 0.25) is 0 Å². The number of rotatable bonds is 6. The van der Waals surface area contributed by atoms with Gasteiger partial charge in [-0.3, -0.25) is 4.98 Å². The maximum absolute atomic E-state index is 8.76. The van der Waals surface area contributed by atoms with Gasteiger partial charge in [0.25, 0.3) is 0 Å². The van der Waals surface area contributed by atoms with E-state index in [9.17, 15) is 0 Å². The largest absolute Gasteiger partial charge is 0 e. The summed E-state index contributed by atoms with van der Waals surface area (Å²) in [6.45, 7) is 16.2. The van der Waals surface area contributed by atoms with Crippen LogP contribution in [0.4, 0.5) is 0 Å². The number of benzene rings is 3. The van der Waals surface area contributed by atoms with Crippen LogP contribution in [-0.2, 0) is 32.9 Å². The molecule has 4 heterocycles. The summed E-state index contributed by atoms with van der Waals surface area (Å²) in [7, 11) is 0. The molecule has 0 aliphatic heterocycles. The number of nitrogens with zero attached hydrogens (tertiary/aromatic N) is 3. The average molecular weight is 986 g/mol. The third-order valence-electron chi connectivity index (χ3n) is 9.41. The van der Waals surface area contributed by atoms with Gasteiger partial charge < -0.3 is 9.40 Å². The molecule has 0 saturated heterocycles. The van der Waals surface area contributed by atoms with Gasteiger partial charge in [-0.2, -0.15) is 0 Å². The van der Waals surface area contributed by atoms with Crippen molar-refractivity contribution >= 4 is 39.6 Å². The predicted octanol–water partition coefficient (Wildman–Crippen LogP) is 13.0. The van der Waals surface area contributed by atoms with Crippen LogP contribution >= 0.6 is 0 Å². The van der Waals surface area contributed by atoms with E-state index in [1.807, 2.05) is 95.4 Å². The van der Waals surface area contributed by atoms with Gasteiger partial charge in [0, 0.05) is 52.8 Å². The molecule has 56 heavy (non-hydrogen) atoms. The summed E-state index contributed by atoms with van der Waals surface area (Å²) in [5, 5.41) is 1.98. The van der Waals surface area contributed by atoms with Crippen LogP contribution in [0.15, 0.2) is 89.6 Å². The average Bonchev–Trinajstić information content (AvgIpc) is 3.50. The molecule has 0 aliphatic carbocycles. The van der Waals surface area contributed by atoms with E-state index in [-0.39, 0.29) is 25.5 Å². The molecule has 4 aromatic heterocycles. The maximum atomic E-state index is 8.76. The van der Waals surface area contributed by atoms with Gasteiger partial charge >= 0.3 is 135 Å². The monoisotopic (exact) mass is 987 g/mol. The van der Waals surface area contributed by atoms with E-state index < -0.39 is 31.9 Å². The molecule has 4 nitrogen and oxygen atoms in total. The van der Waals surface area contributed by atoms with Crippen LogP contribution in [0.2, 0.25) is 17.3 Å². The number of hydrogen-bond donors (Lipinski definition) is 0. The fourth-order valence-corrected chi connectivity index (χ4v) is 10.0. The maximum Gasteiger partial charge on any atom is 0 e. The van der Waals surface area contributed by atoms with Crippen molar-refractivity contribution in [3.8, 4) is 33.6 Å². The number of pyridine rings is 3. The molecule has 0 N–H and O–H groups in total. The van der Waals surface area contributed by atoms with E-state index in [0.29, 0.717) is 17.7 Å². The number of aromatic nitrogens is 3. The Balaban J connectivity index is 0.000000253. The van der Waals surface area contributed by atoms with Crippen molar-refractivity contribution in [1.29, 1.82) is 0 Å². The zero-order chi connectivity index (χ0) is 44.2. The number of fused-ring (bicyclic) bond motifs is 3. The molecule has 0 unspecified atom stereocenters. The van der Waals surface area contributed by atoms with Crippen LogP contribution in [0.25, 0.3) is 55.6 Å². The molecule has 6 heteroatoms. The molecule has 0 spiro atoms. The zero-order valence-corrected chi connectivity index (χ0v) is 39.4. The summed E-state index contributed by atoms with van der Waals surface area (Å²) in [5.41, 5.74) is 11.6. The van der Waals surface area contributed by atoms with Gasteiger partial charge in [-0.25, -0.2) is 0 Å². The molecule has 0 saturated carbocycles. The van der Waals surface area contributed by atoms with Crippen molar-refractivity contribution in [3.05, 3.63) is 131 Å². The second-order valence-electron chi connectivity index (χ2n) is 18.0. The van der Waals surface area contributed by atoms with E-state index in [4.69, 9.17) is 11.3 Å². The normalized spacial score (nSPS) is 13.8. The fraction of sp³-hybridized carbons (Fsp3) is 0.340. The summed E-state index contributed by atoms with van der Waals surface area (Å²) in [6, 6.07) is 30.3. The van der Waals surface area contributed by atoms with Crippen LogP contribution in [0.1, 0.15) is 82.0 Å². The Bertz CT molecular complexity index is 2670. The Hall–Kier alpha value is -3.90. The molecular weight excluding hydrogens is 923 g/mol. The first-order valence-electron chi connectivity index (χ1n) is 21.6. The minimum absolute atomic E-state index is 0. The van der Waals surface area contributed by atoms with Crippen LogP contribution in [0.5, 0.6) is 0 Å². The molecule has 0 bridgehead atoms. The molecule has 0 amide bonds. The molecule has 0 fully saturated rings. The molecule has 3 aromatic carbocycles. The van der Waals surface area contributed by atoms with Gasteiger partial charge in [0.05, 0.1) is 5.58 Å². The molecule has 7 aromatic rings. The minimum Gasteiger partial charge on any atom is 0 e. The van der Waals surface area contributed by atoms with E-state index in [2.05, 4.69) is 90.2 Å². The first-order valence-corrected chi connectivity index (χ1v) is 26.4. The van der Waals surface area contributed by atoms with E-state index >= 15 is 0 Å². The van der Waals surface area contributed by atoms with Gasteiger partial charge in [-0.15, -0.1) is 23.8 Å². The fourth-order valence-electron chi connectivity index (χ4n) is 7.11. The molecule has 0 atom stereocenters. The van der Waals surface area contributed by atoms with Crippen LogP contribution in [0.3, 0.4) is 0 Å². The molecule has 0 aliphatic rings. The van der Waals surface area contributed by atoms with Crippen LogP contribution in [0, 0.1) is 50.6 Å². The third-order valence-corrected chi connectivity index (χ3v) is 13.6. The smallest absolute Gasteiger partial charge is 0 e. The third kappa shape index (κ3) is 10.3. The Morgan fingerprint density at radius 2 is 1.45 bits per heavy atom. The number of furan rings is 1. The van der Waals surface area contributed by atoms with E-state index in [1.165, 1.54) is 11.8 Å². The van der Waals surface area contributed by atoms with Gasteiger partial charge in [0.15, 0.2) is 0 Å². The van der Waals surface area contributed by atoms with Crippen molar-refractivity contribution < 1.29 is 31.4 Å². The molecule has 293 valence electrons. The van der Waals surface area contributed by atoms with Gasteiger partial charge in [-0.1, -0.05) is 43.9 Å². The van der Waals surface area contributed by atoms with Crippen molar-refractivity contribution in [1.82, 2.24) is 15.0 Å². The number of aryl methyl sites for hydroxylation is 4. The summed E-state index contributed by atoms with van der Waals surface area (Å²) in [4.78, 5) is 13.8. The first-order chi connectivity index (χ1) is 27.7. The molecular formula is C50H57GeIrN3O-2. The van der Waals surface area contributed by atoms with Crippen molar-refractivity contribution in [2.45, 2.75) is 99.2 Å². The SMILES string of the molecule is [2H]C([2H])([2H])c1cnc(-c2[c-]cc3oc4ccc(-c5c(C)cc(C)nc5C)cc4c3c2)cc1CC(C)(C)C.[2H]C([2H])(c1cc(-c2[c-]cccc2)nc[c]1[Ge]([CH3])([CH3])[CH3])C(C)(C)C.[Ir]. The summed E-state index contributed by atoms with van der Waals surface area (Å²) >= 11 is -2.24. The predicted molar refractivity (Wildman–Crippen MR) is 236 cm³/mol. The quantitative estimate of drug-likeness (QED) is 0.123. The Morgan fingerprint density at radius 1 is 0.750 bits per heavy atom. The Morgan fingerprint density at radius 3 is 2.09 bits per heavy atom. The Kier molecular flexibility index (Phi) is 11.0. The summed E-state index contributed by atoms with van der Waals surface area (Å²) < 4.78 is 48.7. The molecule has 7 rings (SSSR count). The van der Waals surface area contributed by atoms with Crippen LogP contribution < -0.4 is 4.40 Å². The van der Waals surface area contributed by atoms with Crippen molar-refractivity contribution in [3.63, 3.8) is 0 Å². The molecule has 1 radical (unpaired) electrons. The zero-order valence-electron chi connectivity index (χ0n) is 39.9. The number of hydrogen-bond acceptors (Lipinski definition) is 4. The summed E-state index contributed by atoms with van der Waals surface area (Å²) in [6.07, 6.45) is 2.64. The Labute approximate surface area is 358 Å². The van der Waals surface area contributed by atoms with Crippen molar-refractivity contribution in [2.75, 3.05) is 0 Å². The second-order valence-corrected chi connectivity index (χ2v) is 28.5. The second kappa shape index (κ2) is 16.9.